The quantitative estimate of drug-likeness (QED) is 0.703. The van der Waals surface area contributed by atoms with E-state index in [4.69, 9.17) is 9.47 Å². The SMILES string of the molecule is O[C@H]1CC[C@H](c2cnc(OC3CCOCC3)c3cnc(NCCC(F)(F)F)nc32)CC1. The van der Waals surface area contributed by atoms with Crippen LogP contribution in [0.3, 0.4) is 0 Å². The molecule has 4 rings (SSSR count). The number of aromatic nitrogens is 3. The van der Waals surface area contributed by atoms with Gasteiger partial charge in [0.05, 0.1) is 36.6 Å². The van der Waals surface area contributed by atoms with E-state index < -0.39 is 12.6 Å². The fourth-order valence-electron chi connectivity index (χ4n) is 4.15. The summed E-state index contributed by atoms with van der Waals surface area (Å²) in [6.45, 7) is 0.972. The summed E-state index contributed by atoms with van der Waals surface area (Å²) in [7, 11) is 0. The van der Waals surface area contributed by atoms with E-state index in [0.717, 1.165) is 31.2 Å². The van der Waals surface area contributed by atoms with E-state index in [0.29, 0.717) is 42.8 Å². The molecule has 2 aromatic rings. The monoisotopic (exact) mass is 440 g/mol. The molecule has 3 heterocycles. The number of nitrogens with one attached hydrogen (secondary N) is 1. The predicted molar refractivity (Wildman–Crippen MR) is 108 cm³/mol. The Bertz CT molecular complexity index is 882. The number of fused-ring (bicyclic) bond motifs is 1. The largest absolute Gasteiger partial charge is 0.474 e. The van der Waals surface area contributed by atoms with Crippen LogP contribution in [0.4, 0.5) is 19.1 Å². The Morgan fingerprint density at radius 2 is 1.81 bits per heavy atom. The third kappa shape index (κ3) is 5.74. The Morgan fingerprint density at radius 3 is 2.52 bits per heavy atom. The van der Waals surface area contributed by atoms with Crippen LogP contribution in [-0.2, 0) is 4.74 Å². The lowest BCUT2D eigenvalue weighted by Gasteiger charge is -2.27. The van der Waals surface area contributed by atoms with E-state index in [-0.39, 0.29) is 30.6 Å². The average Bonchev–Trinajstić information content (AvgIpc) is 2.74. The molecule has 1 aliphatic carbocycles. The molecule has 0 unspecified atom stereocenters. The first-order chi connectivity index (χ1) is 14.9. The Labute approximate surface area is 178 Å². The van der Waals surface area contributed by atoms with Crippen molar-refractivity contribution in [1.82, 2.24) is 15.0 Å². The zero-order valence-electron chi connectivity index (χ0n) is 17.2. The highest BCUT2D eigenvalue weighted by Crippen LogP contribution is 2.38. The normalized spacial score (nSPS) is 23.1. The van der Waals surface area contributed by atoms with E-state index in [2.05, 4.69) is 20.3 Å². The summed E-state index contributed by atoms with van der Waals surface area (Å²) in [6, 6.07) is 0. The molecular formula is C21H27F3N4O3. The maximum atomic E-state index is 12.5. The fourth-order valence-corrected chi connectivity index (χ4v) is 4.15. The fraction of sp³-hybridized carbons (Fsp3) is 0.667. The molecule has 2 N–H and O–H groups in total. The highest BCUT2D eigenvalue weighted by Gasteiger charge is 2.27. The number of halogens is 3. The molecule has 10 heteroatoms. The van der Waals surface area contributed by atoms with Gasteiger partial charge in [-0.15, -0.1) is 0 Å². The van der Waals surface area contributed by atoms with Crippen molar-refractivity contribution in [2.45, 2.75) is 69.2 Å². The van der Waals surface area contributed by atoms with Crippen LogP contribution in [0.15, 0.2) is 12.4 Å². The van der Waals surface area contributed by atoms with Crippen LogP contribution >= 0.6 is 0 Å². The van der Waals surface area contributed by atoms with Crippen LogP contribution in [-0.4, -0.2) is 58.2 Å². The summed E-state index contributed by atoms with van der Waals surface area (Å²) in [6.07, 6.45) is 2.37. The second-order valence-electron chi connectivity index (χ2n) is 8.20. The first-order valence-electron chi connectivity index (χ1n) is 10.8. The predicted octanol–water partition coefficient (Wildman–Crippen LogP) is 3.97. The summed E-state index contributed by atoms with van der Waals surface area (Å²) in [4.78, 5) is 13.3. The molecule has 1 saturated heterocycles. The maximum absolute atomic E-state index is 12.5. The number of rotatable bonds is 6. The van der Waals surface area contributed by atoms with Gasteiger partial charge in [-0.3, -0.25) is 0 Å². The Kier molecular flexibility index (Phi) is 6.76. The van der Waals surface area contributed by atoms with Crippen LogP contribution in [0.5, 0.6) is 5.88 Å². The number of nitrogens with zero attached hydrogens (tertiary/aromatic N) is 3. The molecule has 1 aliphatic heterocycles. The minimum Gasteiger partial charge on any atom is -0.474 e. The summed E-state index contributed by atoms with van der Waals surface area (Å²) in [5, 5.41) is 13.2. The molecule has 0 aromatic carbocycles. The number of hydrogen-bond acceptors (Lipinski definition) is 7. The zero-order valence-corrected chi connectivity index (χ0v) is 17.2. The van der Waals surface area contributed by atoms with E-state index in [9.17, 15) is 18.3 Å². The highest BCUT2D eigenvalue weighted by molar-refractivity contribution is 5.86. The second-order valence-corrected chi connectivity index (χ2v) is 8.20. The molecule has 0 amide bonds. The van der Waals surface area contributed by atoms with E-state index in [1.54, 1.807) is 12.4 Å². The molecule has 0 radical (unpaired) electrons. The van der Waals surface area contributed by atoms with Gasteiger partial charge in [-0.25, -0.2) is 15.0 Å². The average molecular weight is 440 g/mol. The first kappa shape index (κ1) is 22.0. The molecule has 170 valence electrons. The smallest absolute Gasteiger partial charge is 0.390 e. The Morgan fingerprint density at radius 1 is 1.06 bits per heavy atom. The summed E-state index contributed by atoms with van der Waals surface area (Å²) in [5.74, 6) is 0.758. The van der Waals surface area contributed by atoms with Gasteiger partial charge in [0.25, 0.3) is 0 Å². The van der Waals surface area contributed by atoms with Gasteiger partial charge in [-0.05, 0) is 31.6 Å². The van der Waals surface area contributed by atoms with Crippen molar-refractivity contribution in [1.29, 1.82) is 0 Å². The van der Waals surface area contributed by atoms with Gasteiger partial charge in [-0.1, -0.05) is 0 Å². The number of aliphatic hydroxyl groups is 1. The standard InChI is InChI=1S/C21H27F3N4O3/c22-21(23,24)7-8-25-20-27-12-17-18(28-20)16(13-1-3-14(29)4-2-13)11-26-19(17)31-15-5-9-30-10-6-15/h11-15,29H,1-10H2,(H,25,27,28)/t13-,14-. The van der Waals surface area contributed by atoms with Crippen molar-refractivity contribution < 1.29 is 27.8 Å². The number of pyridine rings is 1. The van der Waals surface area contributed by atoms with Crippen molar-refractivity contribution >= 4 is 16.9 Å². The van der Waals surface area contributed by atoms with Crippen LogP contribution < -0.4 is 10.1 Å². The van der Waals surface area contributed by atoms with Gasteiger partial charge < -0.3 is 19.9 Å². The number of aliphatic hydroxyl groups excluding tert-OH is 1. The molecule has 1 saturated carbocycles. The molecule has 7 nitrogen and oxygen atoms in total. The molecule has 2 aromatic heterocycles. The molecule has 0 spiro atoms. The third-order valence-electron chi connectivity index (χ3n) is 5.89. The van der Waals surface area contributed by atoms with Crippen LogP contribution in [0.2, 0.25) is 0 Å². The lowest BCUT2D eigenvalue weighted by Crippen LogP contribution is -2.26. The van der Waals surface area contributed by atoms with Crippen molar-refractivity contribution in [3.05, 3.63) is 18.0 Å². The Balaban J connectivity index is 1.62. The summed E-state index contributed by atoms with van der Waals surface area (Å²) in [5.41, 5.74) is 1.56. The zero-order chi connectivity index (χ0) is 21.8. The van der Waals surface area contributed by atoms with Crippen molar-refractivity contribution in [2.75, 3.05) is 25.1 Å². The molecule has 31 heavy (non-hydrogen) atoms. The van der Waals surface area contributed by atoms with Crippen LogP contribution in [0.25, 0.3) is 10.9 Å². The molecule has 2 aliphatic rings. The van der Waals surface area contributed by atoms with E-state index in [1.165, 1.54) is 0 Å². The lowest BCUT2D eigenvalue weighted by atomic mass is 9.83. The number of hydrogen-bond donors (Lipinski definition) is 2. The van der Waals surface area contributed by atoms with E-state index >= 15 is 0 Å². The van der Waals surface area contributed by atoms with Crippen LogP contribution in [0.1, 0.15) is 56.4 Å². The minimum absolute atomic E-state index is 0.00952. The second kappa shape index (κ2) is 9.52. The van der Waals surface area contributed by atoms with Crippen molar-refractivity contribution in [3.63, 3.8) is 0 Å². The van der Waals surface area contributed by atoms with Gasteiger partial charge >= 0.3 is 6.18 Å². The lowest BCUT2D eigenvalue weighted by molar-refractivity contribution is -0.131. The molecular weight excluding hydrogens is 413 g/mol. The Hall–Kier alpha value is -2.20. The van der Waals surface area contributed by atoms with Crippen molar-refractivity contribution in [3.8, 4) is 5.88 Å². The maximum Gasteiger partial charge on any atom is 0.390 e. The molecule has 0 bridgehead atoms. The van der Waals surface area contributed by atoms with E-state index in [1.807, 2.05) is 0 Å². The highest BCUT2D eigenvalue weighted by atomic mass is 19.4. The topological polar surface area (TPSA) is 89.4 Å². The minimum atomic E-state index is -4.24. The number of alkyl halides is 3. The molecule has 2 fully saturated rings. The third-order valence-corrected chi connectivity index (χ3v) is 5.89. The van der Waals surface area contributed by atoms with Crippen molar-refractivity contribution in [2.24, 2.45) is 0 Å². The summed E-state index contributed by atoms with van der Waals surface area (Å²) < 4.78 is 49.0. The van der Waals surface area contributed by atoms with Gasteiger partial charge in [-0.2, -0.15) is 13.2 Å². The molecule has 0 atom stereocenters. The summed E-state index contributed by atoms with van der Waals surface area (Å²) >= 11 is 0. The van der Waals surface area contributed by atoms with Gasteiger partial charge in [0, 0.05) is 37.3 Å². The van der Waals surface area contributed by atoms with Gasteiger partial charge in [0.2, 0.25) is 11.8 Å². The van der Waals surface area contributed by atoms with Crippen LogP contribution in [0, 0.1) is 0 Å². The van der Waals surface area contributed by atoms with Gasteiger partial charge in [0.1, 0.15) is 6.10 Å². The number of ether oxygens (including phenoxy) is 2. The number of anilines is 1. The van der Waals surface area contributed by atoms with Gasteiger partial charge in [0.15, 0.2) is 0 Å². The first-order valence-corrected chi connectivity index (χ1v) is 10.8.